The van der Waals surface area contributed by atoms with Gasteiger partial charge in [-0.3, -0.25) is 0 Å². The van der Waals surface area contributed by atoms with Gasteiger partial charge in [-0.05, 0) is 38.1 Å². The Labute approximate surface area is 169 Å². The Bertz CT molecular complexity index is 1000. The lowest BCUT2D eigenvalue weighted by Gasteiger charge is -2.26. The molecule has 29 heavy (non-hydrogen) atoms. The third-order valence-electron chi connectivity index (χ3n) is 4.93. The van der Waals surface area contributed by atoms with Gasteiger partial charge in [-0.25, -0.2) is 9.48 Å². The molecule has 7 nitrogen and oxygen atoms in total. The first kappa shape index (κ1) is 18.9. The van der Waals surface area contributed by atoms with Crippen molar-refractivity contribution in [2.24, 2.45) is 0 Å². The van der Waals surface area contributed by atoms with E-state index in [1.165, 1.54) is 0 Å². The molecule has 0 bridgehead atoms. The fourth-order valence-corrected chi connectivity index (χ4v) is 3.35. The molecule has 1 atom stereocenters. The summed E-state index contributed by atoms with van der Waals surface area (Å²) in [5.74, 6) is 1.43. The second kappa shape index (κ2) is 8.26. The number of para-hydroxylation sites is 3. The molecule has 0 saturated heterocycles. The number of urea groups is 1. The molecule has 150 valence electrons. The Morgan fingerprint density at radius 1 is 1.07 bits per heavy atom. The van der Waals surface area contributed by atoms with Crippen LogP contribution in [0.4, 0.5) is 4.79 Å². The number of carbonyl (C=O) groups is 1. The second-order valence-electron chi connectivity index (χ2n) is 6.96. The molecule has 1 aliphatic rings. The van der Waals surface area contributed by atoms with Crippen molar-refractivity contribution in [2.45, 2.75) is 26.5 Å². The number of fused-ring (bicyclic) bond motifs is 1. The number of hydrogen-bond acceptors (Lipinski definition) is 4. The van der Waals surface area contributed by atoms with Crippen molar-refractivity contribution in [3.8, 4) is 17.2 Å². The highest BCUT2D eigenvalue weighted by Gasteiger charge is 2.21. The number of amides is 2. The van der Waals surface area contributed by atoms with E-state index >= 15 is 0 Å². The molecule has 3 aromatic rings. The van der Waals surface area contributed by atoms with Crippen molar-refractivity contribution in [3.63, 3.8) is 0 Å². The van der Waals surface area contributed by atoms with E-state index in [0.717, 1.165) is 28.4 Å². The summed E-state index contributed by atoms with van der Waals surface area (Å²) in [7, 11) is 0. The number of nitrogens with one attached hydrogen (secondary N) is 2. The molecule has 1 aromatic heterocycles. The van der Waals surface area contributed by atoms with Crippen LogP contribution >= 0.6 is 0 Å². The normalized spacial score (nSPS) is 15.0. The van der Waals surface area contributed by atoms with Crippen LogP contribution in [0.5, 0.6) is 11.5 Å². The van der Waals surface area contributed by atoms with Crippen LogP contribution in [0.1, 0.15) is 17.0 Å². The largest absolute Gasteiger partial charge is 0.486 e. The minimum Gasteiger partial charge on any atom is -0.486 e. The molecule has 0 radical (unpaired) electrons. The van der Waals surface area contributed by atoms with E-state index in [9.17, 15) is 4.79 Å². The molecule has 0 fully saturated rings. The SMILES string of the molecule is Cc1nn(-c2ccccc2)c(C)c1CNC(=O)NCC1COc2ccccc2O1. The van der Waals surface area contributed by atoms with Gasteiger partial charge in [0.15, 0.2) is 17.6 Å². The molecular weight excluding hydrogens is 368 g/mol. The highest BCUT2D eigenvalue weighted by atomic mass is 16.6. The van der Waals surface area contributed by atoms with Crippen molar-refractivity contribution in [3.05, 3.63) is 71.5 Å². The van der Waals surface area contributed by atoms with Crippen molar-refractivity contribution in [1.82, 2.24) is 20.4 Å². The summed E-state index contributed by atoms with van der Waals surface area (Å²) in [6.07, 6.45) is -0.222. The average Bonchev–Trinajstić information content (AvgIpc) is 3.04. The van der Waals surface area contributed by atoms with E-state index < -0.39 is 0 Å². The Balaban J connectivity index is 1.31. The zero-order valence-electron chi connectivity index (χ0n) is 16.5. The summed E-state index contributed by atoms with van der Waals surface area (Å²) < 4.78 is 13.4. The topological polar surface area (TPSA) is 77.4 Å². The standard InChI is InChI=1S/C22H24N4O3/c1-15-19(16(2)26(25-15)17-8-4-3-5-9-17)13-24-22(27)23-12-18-14-28-20-10-6-7-11-21(20)29-18/h3-11,18H,12-14H2,1-2H3,(H2,23,24,27). The van der Waals surface area contributed by atoms with Gasteiger partial charge in [-0.15, -0.1) is 0 Å². The quantitative estimate of drug-likeness (QED) is 0.699. The van der Waals surface area contributed by atoms with Gasteiger partial charge in [0.05, 0.1) is 17.9 Å². The molecule has 7 heteroatoms. The smallest absolute Gasteiger partial charge is 0.315 e. The lowest BCUT2D eigenvalue weighted by molar-refractivity contribution is 0.0918. The zero-order valence-corrected chi connectivity index (χ0v) is 16.5. The predicted octanol–water partition coefficient (Wildman–Crippen LogP) is 3.13. The van der Waals surface area contributed by atoms with Crippen molar-refractivity contribution in [1.29, 1.82) is 0 Å². The van der Waals surface area contributed by atoms with E-state index in [1.54, 1.807) is 0 Å². The maximum absolute atomic E-state index is 12.3. The van der Waals surface area contributed by atoms with Crippen molar-refractivity contribution < 1.29 is 14.3 Å². The van der Waals surface area contributed by atoms with Gasteiger partial charge in [-0.2, -0.15) is 5.10 Å². The summed E-state index contributed by atoms with van der Waals surface area (Å²) in [6, 6.07) is 17.2. The van der Waals surface area contributed by atoms with Gasteiger partial charge < -0.3 is 20.1 Å². The summed E-state index contributed by atoms with van der Waals surface area (Å²) in [5, 5.41) is 10.4. The van der Waals surface area contributed by atoms with Gasteiger partial charge in [-0.1, -0.05) is 30.3 Å². The fourth-order valence-electron chi connectivity index (χ4n) is 3.35. The average molecular weight is 392 g/mol. The second-order valence-corrected chi connectivity index (χ2v) is 6.96. The Hall–Kier alpha value is -3.48. The molecule has 1 aliphatic heterocycles. The van der Waals surface area contributed by atoms with Crippen LogP contribution in [0.3, 0.4) is 0 Å². The molecule has 2 amide bonds. The van der Waals surface area contributed by atoms with Gasteiger partial charge >= 0.3 is 6.03 Å². The number of carbonyl (C=O) groups excluding carboxylic acids is 1. The van der Waals surface area contributed by atoms with Gasteiger partial charge in [0.2, 0.25) is 0 Å². The van der Waals surface area contributed by atoms with Crippen LogP contribution in [0, 0.1) is 13.8 Å². The number of benzene rings is 2. The molecule has 2 aromatic carbocycles. The van der Waals surface area contributed by atoms with Crippen LogP contribution < -0.4 is 20.1 Å². The monoisotopic (exact) mass is 392 g/mol. The molecule has 0 aliphatic carbocycles. The third-order valence-corrected chi connectivity index (χ3v) is 4.93. The van der Waals surface area contributed by atoms with Crippen molar-refractivity contribution >= 4 is 6.03 Å². The predicted molar refractivity (Wildman–Crippen MR) is 110 cm³/mol. The van der Waals surface area contributed by atoms with Crippen molar-refractivity contribution in [2.75, 3.05) is 13.2 Å². The molecule has 2 N–H and O–H groups in total. The molecule has 2 heterocycles. The number of nitrogens with zero attached hydrogens (tertiary/aromatic N) is 2. The first-order valence-corrected chi connectivity index (χ1v) is 9.62. The van der Waals surface area contributed by atoms with Crippen LogP contribution in [-0.2, 0) is 6.54 Å². The zero-order chi connectivity index (χ0) is 20.2. The Morgan fingerprint density at radius 3 is 2.59 bits per heavy atom. The number of rotatable bonds is 5. The van der Waals surface area contributed by atoms with E-state index in [-0.39, 0.29) is 12.1 Å². The summed E-state index contributed by atoms with van der Waals surface area (Å²) in [4.78, 5) is 12.3. The van der Waals surface area contributed by atoms with Gasteiger partial charge in [0.25, 0.3) is 0 Å². The summed E-state index contributed by atoms with van der Waals surface area (Å²) in [5.41, 5.74) is 3.91. The number of ether oxygens (including phenoxy) is 2. The summed E-state index contributed by atoms with van der Waals surface area (Å²) >= 11 is 0. The maximum atomic E-state index is 12.3. The number of aromatic nitrogens is 2. The van der Waals surface area contributed by atoms with E-state index in [1.807, 2.05) is 73.1 Å². The first-order valence-electron chi connectivity index (χ1n) is 9.62. The fraction of sp³-hybridized carbons (Fsp3) is 0.273. The maximum Gasteiger partial charge on any atom is 0.315 e. The van der Waals surface area contributed by atoms with Crippen LogP contribution in [-0.4, -0.2) is 35.1 Å². The molecule has 0 spiro atoms. The van der Waals surface area contributed by atoms with Crippen LogP contribution in [0.15, 0.2) is 54.6 Å². The summed E-state index contributed by atoms with van der Waals surface area (Å²) in [6.45, 7) is 5.13. The molecular formula is C22H24N4O3. The molecule has 4 rings (SSSR count). The third kappa shape index (κ3) is 4.18. The molecule has 1 unspecified atom stereocenters. The first-order chi connectivity index (χ1) is 14.1. The lowest BCUT2D eigenvalue weighted by Crippen LogP contribution is -2.44. The van der Waals surface area contributed by atoms with Gasteiger partial charge in [0.1, 0.15) is 6.61 Å². The minimum atomic E-state index is -0.251. The minimum absolute atomic E-state index is 0.222. The van der Waals surface area contributed by atoms with E-state index in [0.29, 0.717) is 25.4 Å². The Morgan fingerprint density at radius 2 is 1.79 bits per heavy atom. The highest BCUT2D eigenvalue weighted by Crippen LogP contribution is 2.30. The molecule has 0 saturated carbocycles. The lowest BCUT2D eigenvalue weighted by atomic mass is 10.2. The van der Waals surface area contributed by atoms with E-state index in [4.69, 9.17) is 9.47 Å². The van der Waals surface area contributed by atoms with Crippen LogP contribution in [0.25, 0.3) is 5.69 Å². The Kier molecular flexibility index (Phi) is 5.37. The van der Waals surface area contributed by atoms with Gasteiger partial charge in [0, 0.05) is 17.8 Å². The number of hydrogen-bond donors (Lipinski definition) is 2. The number of aryl methyl sites for hydroxylation is 1. The van der Waals surface area contributed by atoms with E-state index in [2.05, 4.69) is 15.7 Å². The highest BCUT2D eigenvalue weighted by molar-refractivity contribution is 5.73. The van der Waals surface area contributed by atoms with Crippen LogP contribution in [0.2, 0.25) is 0 Å².